The van der Waals surface area contributed by atoms with Gasteiger partial charge in [-0.25, -0.2) is 4.98 Å². The normalized spacial score (nSPS) is 14.8. The van der Waals surface area contributed by atoms with E-state index >= 15 is 0 Å². The standard InChI is InChI=1S/C14H17N3OS/c1-18-9-12-13(8-16-11-4-5-11)19-14(17-12)10-3-2-6-15-7-10/h2-3,6-7,11,16H,4-5,8-9H2,1H3. The highest BCUT2D eigenvalue weighted by Crippen LogP contribution is 2.29. The number of pyridine rings is 1. The number of ether oxygens (including phenoxy) is 1. The molecule has 0 spiro atoms. The lowest BCUT2D eigenvalue weighted by molar-refractivity contribution is 0.181. The maximum Gasteiger partial charge on any atom is 0.125 e. The van der Waals surface area contributed by atoms with Crippen molar-refractivity contribution in [2.24, 2.45) is 0 Å². The van der Waals surface area contributed by atoms with Crippen molar-refractivity contribution in [3.63, 3.8) is 0 Å². The van der Waals surface area contributed by atoms with E-state index < -0.39 is 0 Å². The summed E-state index contributed by atoms with van der Waals surface area (Å²) >= 11 is 1.73. The number of hydrogen-bond donors (Lipinski definition) is 1. The third-order valence-electron chi connectivity index (χ3n) is 3.10. The fraction of sp³-hybridized carbons (Fsp3) is 0.429. The molecule has 2 aromatic heterocycles. The maximum atomic E-state index is 5.24. The van der Waals surface area contributed by atoms with Gasteiger partial charge in [-0.1, -0.05) is 0 Å². The summed E-state index contributed by atoms with van der Waals surface area (Å²) in [5.41, 5.74) is 2.11. The SMILES string of the molecule is COCc1nc(-c2cccnc2)sc1CNC1CC1. The van der Waals surface area contributed by atoms with Crippen molar-refractivity contribution in [2.45, 2.75) is 32.0 Å². The topological polar surface area (TPSA) is 47.0 Å². The van der Waals surface area contributed by atoms with Crippen LogP contribution in [0.15, 0.2) is 24.5 Å². The van der Waals surface area contributed by atoms with E-state index in [0.717, 1.165) is 22.8 Å². The van der Waals surface area contributed by atoms with Crippen LogP contribution in [-0.2, 0) is 17.9 Å². The van der Waals surface area contributed by atoms with Crippen molar-refractivity contribution < 1.29 is 4.74 Å². The van der Waals surface area contributed by atoms with Crippen LogP contribution in [-0.4, -0.2) is 23.1 Å². The number of rotatable bonds is 6. The molecule has 100 valence electrons. The molecule has 0 aliphatic heterocycles. The summed E-state index contributed by atoms with van der Waals surface area (Å²) in [6.45, 7) is 1.46. The number of aromatic nitrogens is 2. The molecule has 1 aliphatic rings. The molecule has 0 atom stereocenters. The van der Waals surface area contributed by atoms with Crippen molar-refractivity contribution in [1.29, 1.82) is 0 Å². The first-order chi connectivity index (χ1) is 9.36. The maximum absolute atomic E-state index is 5.24. The molecular formula is C14H17N3OS. The fourth-order valence-electron chi connectivity index (χ4n) is 1.91. The summed E-state index contributed by atoms with van der Waals surface area (Å²) in [4.78, 5) is 10.1. The first-order valence-corrected chi connectivity index (χ1v) is 7.30. The number of nitrogens with zero attached hydrogens (tertiary/aromatic N) is 2. The van der Waals surface area contributed by atoms with Gasteiger partial charge in [0.1, 0.15) is 5.01 Å². The van der Waals surface area contributed by atoms with Gasteiger partial charge in [-0.05, 0) is 25.0 Å². The zero-order valence-corrected chi connectivity index (χ0v) is 11.7. The number of hydrogen-bond acceptors (Lipinski definition) is 5. The largest absolute Gasteiger partial charge is 0.378 e. The zero-order chi connectivity index (χ0) is 13.1. The Morgan fingerprint density at radius 2 is 2.37 bits per heavy atom. The van der Waals surface area contributed by atoms with Gasteiger partial charge in [0.15, 0.2) is 0 Å². The average molecular weight is 275 g/mol. The van der Waals surface area contributed by atoms with Crippen LogP contribution in [0.4, 0.5) is 0 Å². The van der Waals surface area contributed by atoms with Crippen molar-refractivity contribution >= 4 is 11.3 Å². The van der Waals surface area contributed by atoms with E-state index in [1.54, 1.807) is 24.6 Å². The van der Waals surface area contributed by atoms with Crippen LogP contribution >= 0.6 is 11.3 Å². The summed E-state index contributed by atoms with van der Waals surface area (Å²) < 4.78 is 5.24. The molecule has 19 heavy (non-hydrogen) atoms. The molecule has 0 saturated heterocycles. The van der Waals surface area contributed by atoms with Crippen molar-refractivity contribution in [1.82, 2.24) is 15.3 Å². The van der Waals surface area contributed by atoms with E-state index in [2.05, 4.69) is 15.3 Å². The minimum Gasteiger partial charge on any atom is -0.378 e. The van der Waals surface area contributed by atoms with E-state index in [-0.39, 0.29) is 0 Å². The zero-order valence-electron chi connectivity index (χ0n) is 10.9. The Labute approximate surface area is 116 Å². The van der Waals surface area contributed by atoms with E-state index in [0.29, 0.717) is 12.6 Å². The van der Waals surface area contributed by atoms with Gasteiger partial charge in [0, 0.05) is 42.5 Å². The van der Waals surface area contributed by atoms with Crippen molar-refractivity contribution in [3.8, 4) is 10.6 Å². The highest BCUT2D eigenvalue weighted by atomic mass is 32.1. The van der Waals surface area contributed by atoms with Gasteiger partial charge in [-0.2, -0.15) is 0 Å². The molecule has 2 aromatic rings. The average Bonchev–Trinajstić information content (AvgIpc) is 3.19. The lowest BCUT2D eigenvalue weighted by Crippen LogP contribution is -2.15. The van der Waals surface area contributed by atoms with Gasteiger partial charge in [0.2, 0.25) is 0 Å². The molecule has 1 saturated carbocycles. The van der Waals surface area contributed by atoms with E-state index in [4.69, 9.17) is 4.74 Å². The van der Waals surface area contributed by atoms with Gasteiger partial charge in [0.25, 0.3) is 0 Å². The minimum absolute atomic E-state index is 0.568. The van der Waals surface area contributed by atoms with Crippen molar-refractivity contribution in [3.05, 3.63) is 35.1 Å². The van der Waals surface area contributed by atoms with Crippen LogP contribution in [0.3, 0.4) is 0 Å². The Morgan fingerprint density at radius 3 is 3.05 bits per heavy atom. The molecule has 2 heterocycles. The van der Waals surface area contributed by atoms with Crippen LogP contribution < -0.4 is 5.32 Å². The summed E-state index contributed by atoms with van der Waals surface area (Å²) in [7, 11) is 1.71. The molecule has 0 unspecified atom stereocenters. The van der Waals surface area contributed by atoms with Gasteiger partial charge < -0.3 is 10.1 Å². The van der Waals surface area contributed by atoms with Crippen LogP contribution in [0, 0.1) is 0 Å². The molecule has 0 aromatic carbocycles. The number of thiazole rings is 1. The first kappa shape index (κ1) is 12.7. The molecule has 1 fully saturated rings. The van der Waals surface area contributed by atoms with Crippen LogP contribution in [0.5, 0.6) is 0 Å². The Balaban J connectivity index is 1.82. The lowest BCUT2D eigenvalue weighted by Gasteiger charge is -2.02. The second kappa shape index (κ2) is 5.77. The fourth-order valence-corrected chi connectivity index (χ4v) is 2.91. The Morgan fingerprint density at radius 1 is 1.47 bits per heavy atom. The molecule has 3 rings (SSSR count). The molecular weight excluding hydrogens is 258 g/mol. The summed E-state index contributed by atoms with van der Waals surface area (Å²) in [6, 6.07) is 4.69. The van der Waals surface area contributed by atoms with Crippen LogP contribution in [0.1, 0.15) is 23.4 Å². The molecule has 5 heteroatoms. The molecule has 1 aliphatic carbocycles. The van der Waals surface area contributed by atoms with Gasteiger partial charge in [-0.3, -0.25) is 4.98 Å². The first-order valence-electron chi connectivity index (χ1n) is 6.48. The Hall–Kier alpha value is -1.30. The predicted octanol–water partition coefficient (Wildman–Crippen LogP) is 2.60. The molecule has 0 amide bonds. The second-order valence-electron chi connectivity index (χ2n) is 4.72. The molecule has 0 radical (unpaired) electrons. The summed E-state index contributed by atoms with van der Waals surface area (Å²) in [5, 5.41) is 4.56. The minimum atomic E-state index is 0.568. The molecule has 1 N–H and O–H groups in total. The lowest BCUT2D eigenvalue weighted by atomic mass is 10.3. The highest BCUT2D eigenvalue weighted by molar-refractivity contribution is 7.15. The molecule has 0 bridgehead atoms. The van der Waals surface area contributed by atoms with Crippen molar-refractivity contribution in [2.75, 3.05) is 7.11 Å². The molecule has 4 nitrogen and oxygen atoms in total. The Bertz CT molecular complexity index is 537. The number of nitrogens with one attached hydrogen (secondary N) is 1. The van der Waals surface area contributed by atoms with E-state index in [9.17, 15) is 0 Å². The second-order valence-corrected chi connectivity index (χ2v) is 5.80. The van der Waals surface area contributed by atoms with Gasteiger partial charge in [0.05, 0.1) is 12.3 Å². The monoisotopic (exact) mass is 275 g/mol. The summed E-state index contributed by atoms with van der Waals surface area (Å²) in [5.74, 6) is 0. The highest BCUT2D eigenvalue weighted by Gasteiger charge is 2.21. The third-order valence-corrected chi connectivity index (χ3v) is 4.24. The Kier molecular flexibility index (Phi) is 3.87. The summed E-state index contributed by atoms with van der Waals surface area (Å²) in [6.07, 6.45) is 6.23. The third kappa shape index (κ3) is 3.18. The smallest absolute Gasteiger partial charge is 0.125 e. The van der Waals surface area contributed by atoms with E-state index in [1.807, 2.05) is 18.3 Å². The van der Waals surface area contributed by atoms with Crippen LogP contribution in [0.2, 0.25) is 0 Å². The number of methoxy groups -OCH3 is 1. The quantitative estimate of drug-likeness (QED) is 0.880. The van der Waals surface area contributed by atoms with E-state index in [1.165, 1.54) is 17.7 Å². The predicted molar refractivity (Wildman–Crippen MR) is 75.9 cm³/mol. The van der Waals surface area contributed by atoms with Gasteiger partial charge in [-0.15, -0.1) is 11.3 Å². The van der Waals surface area contributed by atoms with Gasteiger partial charge >= 0.3 is 0 Å². The van der Waals surface area contributed by atoms with Crippen LogP contribution in [0.25, 0.3) is 10.6 Å².